The van der Waals surface area contributed by atoms with Gasteiger partial charge in [0.2, 0.25) is 0 Å². The second kappa shape index (κ2) is 4.45. The second-order valence-corrected chi connectivity index (χ2v) is 2.62. The fourth-order valence-corrected chi connectivity index (χ4v) is 0.933. The van der Waals surface area contributed by atoms with Gasteiger partial charge >= 0.3 is 6.09 Å². The number of methoxy groups -OCH3 is 1. The van der Waals surface area contributed by atoms with E-state index >= 15 is 0 Å². The summed E-state index contributed by atoms with van der Waals surface area (Å²) in [4.78, 5) is 14.9. The maximum absolute atomic E-state index is 10.7. The van der Waals surface area contributed by atoms with E-state index in [0.29, 0.717) is 6.54 Å². The van der Waals surface area contributed by atoms with E-state index in [4.69, 9.17) is 0 Å². The number of alkyl carbamates (subject to hydrolysis) is 1. The molecule has 0 aliphatic rings. The van der Waals surface area contributed by atoms with Gasteiger partial charge in [-0.1, -0.05) is 6.07 Å². The van der Waals surface area contributed by atoms with Gasteiger partial charge in [-0.25, -0.2) is 4.79 Å². The van der Waals surface area contributed by atoms with Crippen LogP contribution < -0.4 is 5.32 Å². The molecule has 0 aromatic carbocycles. The molecule has 0 bridgehead atoms. The number of aryl methyl sites for hydroxylation is 1. The number of aromatic nitrogens is 1. The Kier molecular flexibility index (Phi) is 3.25. The first-order valence-electron chi connectivity index (χ1n) is 3.96. The van der Waals surface area contributed by atoms with Crippen molar-refractivity contribution in [3.8, 4) is 0 Å². The van der Waals surface area contributed by atoms with Gasteiger partial charge < -0.3 is 10.1 Å². The van der Waals surface area contributed by atoms with Gasteiger partial charge in [0, 0.05) is 5.69 Å². The molecule has 0 radical (unpaired) electrons. The average molecular weight is 180 g/mol. The predicted molar refractivity (Wildman–Crippen MR) is 48.2 cm³/mol. The molecule has 70 valence electrons. The van der Waals surface area contributed by atoms with Crippen molar-refractivity contribution in [3.05, 3.63) is 29.6 Å². The molecule has 0 saturated carbocycles. The second-order valence-electron chi connectivity index (χ2n) is 2.62. The molecule has 0 saturated heterocycles. The Labute approximate surface area is 76.9 Å². The molecule has 4 nitrogen and oxygen atoms in total. The molecule has 13 heavy (non-hydrogen) atoms. The molecule has 1 amide bonds. The molecule has 0 unspecified atom stereocenters. The first-order chi connectivity index (χ1) is 6.22. The number of amides is 1. The van der Waals surface area contributed by atoms with Crippen LogP contribution in [0.15, 0.2) is 18.2 Å². The Balaban J connectivity index is 2.50. The topological polar surface area (TPSA) is 51.2 Å². The standard InChI is InChI=1S/C9H12N2O2/c1-7-4-3-5-8(11-7)6-10-9(12)13-2/h3-5H,6H2,1-2H3,(H,10,12). The molecule has 1 aromatic rings. The van der Waals surface area contributed by atoms with E-state index in [9.17, 15) is 4.79 Å². The lowest BCUT2D eigenvalue weighted by Crippen LogP contribution is -2.22. The molecule has 1 heterocycles. The molecule has 4 heteroatoms. The average Bonchev–Trinajstić information content (AvgIpc) is 2.14. The Morgan fingerprint density at radius 3 is 3.00 bits per heavy atom. The summed E-state index contributed by atoms with van der Waals surface area (Å²) >= 11 is 0. The molecule has 0 spiro atoms. The van der Waals surface area contributed by atoms with E-state index < -0.39 is 6.09 Å². The van der Waals surface area contributed by atoms with Gasteiger partial charge in [-0.3, -0.25) is 4.98 Å². The van der Waals surface area contributed by atoms with Crippen molar-refractivity contribution < 1.29 is 9.53 Å². The van der Waals surface area contributed by atoms with Gasteiger partial charge in [-0.15, -0.1) is 0 Å². The molecule has 0 fully saturated rings. The Morgan fingerprint density at radius 2 is 2.38 bits per heavy atom. The Bertz CT molecular complexity index is 299. The third-order valence-corrected chi connectivity index (χ3v) is 1.55. The van der Waals surface area contributed by atoms with Crippen molar-refractivity contribution in [2.75, 3.05) is 7.11 Å². The van der Waals surface area contributed by atoms with E-state index in [1.807, 2.05) is 25.1 Å². The van der Waals surface area contributed by atoms with Crippen LogP contribution in [0.5, 0.6) is 0 Å². The summed E-state index contributed by atoms with van der Waals surface area (Å²) in [7, 11) is 1.33. The number of nitrogens with zero attached hydrogens (tertiary/aromatic N) is 1. The highest BCUT2D eigenvalue weighted by molar-refractivity contribution is 5.66. The SMILES string of the molecule is COC(=O)NCc1cccc(C)n1. The fraction of sp³-hybridized carbons (Fsp3) is 0.333. The van der Waals surface area contributed by atoms with E-state index in [-0.39, 0.29) is 0 Å². The first-order valence-corrected chi connectivity index (χ1v) is 3.96. The smallest absolute Gasteiger partial charge is 0.407 e. The van der Waals surface area contributed by atoms with Crippen LogP contribution in [0.25, 0.3) is 0 Å². The van der Waals surface area contributed by atoms with Gasteiger partial charge in [0.25, 0.3) is 0 Å². The molecule has 0 atom stereocenters. The van der Waals surface area contributed by atoms with Crippen LogP contribution in [0, 0.1) is 6.92 Å². The normalized spacial score (nSPS) is 9.38. The number of carbonyl (C=O) groups excluding carboxylic acids is 1. The van der Waals surface area contributed by atoms with Crippen LogP contribution in [-0.4, -0.2) is 18.2 Å². The van der Waals surface area contributed by atoms with Crippen LogP contribution >= 0.6 is 0 Å². The maximum atomic E-state index is 10.7. The van der Waals surface area contributed by atoms with Crippen LogP contribution in [0.1, 0.15) is 11.4 Å². The third kappa shape index (κ3) is 3.11. The molecule has 1 N–H and O–H groups in total. The van der Waals surface area contributed by atoms with Crippen molar-refractivity contribution >= 4 is 6.09 Å². The van der Waals surface area contributed by atoms with E-state index in [2.05, 4.69) is 15.0 Å². The van der Waals surface area contributed by atoms with Gasteiger partial charge in [0.1, 0.15) is 0 Å². The monoisotopic (exact) mass is 180 g/mol. The lowest BCUT2D eigenvalue weighted by molar-refractivity contribution is 0.170. The highest BCUT2D eigenvalue weighted by atomic mass is 16.5. The quantitative estimate of drug-likeness (QED) is 0.745. The summed E-state index contributed by atoms with van der Waals surface area (Å²) in [6, 6.07) is 5.65. The third-order valence-electron chi connectivity index (χ3n) is 1.55. The van der Waals surface area contributed by atoms with Gasteiger partial charge in [-0.05, 0) is 19.1 Å². The zero-order valence-electron chi connectivity index (χ0n) is 7.70. The first kappa shape index (κ1) is 9.51. The minimum absolute atomic E-state index is 0.397. The van der Waals surface area contributed by atoms with Crippen molar-refractivity contribution in [2.45, 2.75) is 13.5 Å². The fourth-order valence-electron chi connectivity index (χ4n) is 0.933. The molecule has 1 rings (SSSR count). The van der Waals surface area contributed by atoms with Gasteiger partial charge in [0.05, 0.1) is 19.3 Å². The number of hydrogen-bond acceptors (Lipinski definition) is 3. The highest BCUT2D eigenvalue weighted by Crippen LogP contribution is 1.97. The van der Waals surface area contributed by atoms with Crippen molar-refractivity contribution in [3.63, 3.8) is 0 Å². The molecule has 0 aliphatic carbocycles. The van der Waals surface area contributed by atoms with Crippen molar-refractivity contribution in [1.82, 2.24) is 10.3 Å². The van der Waals surface area contributed by atoms with Crippen molar-refractivity contribution in [2.24, 2.45) is 0 Å². The van der Waals surface area contributed by atoms with Gasteiger partial charge in [0.15, 0.2) is 0 Å². The predicted octanol–water partition coefficient (Wildman–Crippen LogP) is 1.25. The van der Waals surface area contributed by atoms with Crippen LogP contribution in [0.3, 0.4) is 0 Å². The zero-order chi connectivity index (χ0) is 9.68. The van der Waals surface area contributed by atoms with Crippen LogP contribution in [0.4, 0.5) is 4.79 Å². The number of hydrogen-bond donors (Lipinski definition) is 1. The molecular formula is C9H12N2O2. The number of rotatable bonds is 2. The Hall–Kier alpha value is -1.58. The number of nitrogens with one attached hydrogen (secondary N) is 1. The summed E-state index contributed by atoms with van der Waals surface area (Å²) in [6.07, 6.45) is -0.441. The summed E-state index contributed by atoms with van der Waals surface area (Å²) < 4.78 is 4.42. The number of ether oxygens (including phenoxy) is 1. The van der Waals surface area contributed by atoms with Crippen LogP contribution in [0.2, 0.25) is 0 Å². The van der Waals surface area contributed by atoms with Crippen molar-refractivity contribution in [1.29, 1.82) is 0 Å². The highest BCUT2D eigenvalue weighted by Gasteiger charge is 1.99. The lowest BCUT2D eigenvalue weighted by Gasteiger charge is -2.03. The lowest BCUT2D eigenvalue weighted by atomic mass is 10.3. The summed E-state index contributed by atoms with van der Waals surface area (Å²) in [5.41, 5.74) is 1.76. The largest absolute Gasteiger partial charge is 0.453 e. The van der Waals surface area contributed by atoms with E-state index in [1.54, 1.807) is 0 Å². The molecule has 1 aromatic heterocycles. The maximum Gasteiger partial charge on any atom is 0.407 e. The summed E-state index contributed by atoms with van der Waals surface area (Å²) in [6.45, 7) is 2.30. The summed E-state index contributed by atoms with van der Waals surface area (Å²) in [5, 5.41) is 2.55. The zero-order valence-corrected chi connectivity index (χ0v) is 7.70. The number of pyridine rings is 1. The van der Waals surface area contributed by atoms with Gasteiger partial charge in [-0.2, -0.15) is 0 Å². The van der Waals surface area contributed by atoms with E-state index in [1.165, 1.54) is 7.11 Å². The molecular weight excluding hydrogens is 168 g/mol. The van der Waals surface area contributed by atoms with Crippen LogP contribution in [-0.2, 0) is 11.3 Å². The van der Waals surface area contributed by atoms with E-state index in [0.717, 1.165) is 11.4 Å². The minimum atomic E-state index is -0.441. The summed E-state index contributed by atoms with van der Waals surface area (Å²) in [5.74, 6) is 0. The minimum Gasteiger partial charge on any atom is -0.453 e. The molecule has 0 aliphatic heterocycles. The Morgan fingerprint density at radius 1 is 1.62 bits per heavy atom. The number of carbonyl (C=O) groups is 1.